The smallest absolute Gasteiger partial charge is 0.410 e. The minimum atomic E-state index is -0.747. The molecule has 3 N–H and O–H groups in total. The minimum Gasteiger partial charge on any atom is -0.444 e. The van der Waals surface area contributed by atoms with E-state index in [1.807, 2.05) is 59.7 Å². The second kappa shape index (κ2) is 11.7. The summed E-state index contributed by atoms with van der Waals surface area (Å²) in [6.45, 7) is 14.4. The number of ether oxygens (including phenoxy) is 1. The topological polar surface area (TPSA) is 121 Å². The van der Waals surface area contributed by atoms with Crippen LogP contribution in [0.3, 0.4) is 0 Å². The number of amides is 3. The number of hydrogen-bond donors (Lipinski definition) is 3. The summed E-state index contributed by atoms with van der Waals surface area (Å²) in [5.41, 5.74) is 4.32. The van der Waals surface area contributed by atoms with Crippen LogP contribution in [0.25, 0.3) is 0 Å². The number of H-pyrrole nitrogens is 1. The SMILES string of the molecule is CCCCC(NC(=O)c1[nH]c2c(c1C)C(=O)CC(C)(C)C2)C(=O)Nc1ccc2c(c1)CN(C(=O)OC(C)(C)C)CC2. The molecule has 0 radical (unpaired) electrons. The zero-order valence-corrected chi connectivity index (χ0v) is 25.5. The van der Waals surface area contributed by atoms with E-state index in [0.29, 0.717) is 61.3 Å². The van der Waals surface area contributed by atoms with Crippen LogP contribution in [0.2, 0.25) is 0 Å². The van der Waals surface area contributed by atoms with E-state index in [9.17, 15) is 19.2 Å². The van der Waals surface area contributed by atoms with Gasteiger partial charge in [-0.25, -0.2) is 4.79 Å². The Bertz CT molecular complexity index is 1350. The number of Topliss-reactive ketones (excluding diaryl/α,β-unsaturated/α-hetero) is 1. The lowest BCUT2D eigenvalue weighted by Crippen LogP contribution is -2.44. The van der Waals surface area contributed by atoms with E-state index in [-0.39, 0.29) is 23.2 Å². The lowest BCUT2D eigenvalue weighted by Gasteiger charge is -2.31. The van der Waals surface area contributed by atoms with Gasteiger partial charge in [-0.15, -0.1) is 0 Å². The number of aromatic nitrogens is 1. The predicted molar refractivity (Wildman–Crippen MR) is 158 cm³/mol. The van der Waals surface area contributed by atoms with E-state index in [2.05, 4.69) is 15.6 Å². The largest absolute Gasteiger partial charge is 0.444 e. The van der Waals surface area contributed by atoms with Crippen LogP contribution in [-0.4, -0.2) is 51.8 Å². The van der Waals surface area contributed by atoms with Gasteiger partial charge in [0.25, 0.3) is 5.91 Å². The first-order chi connectivity index (χ1) is 19.2. The lowest BCUT2D eigenvalue weighted by atomic mass is 9.75. The van der Waals surface area contributed by atoms with E-state index >= 15 is 0 Å². The first kappa shape index (κ1) is 30.3. The van der Waals surface area contributed by atoms with Crippen molar-refractivity contribution in [1.82, 2.24) is 15.2 Å². The average Bonchev–Trinajstić information content (AvgIpc) is 3.20. The summed E-state index contributed by atoms with van der Waals surface area (Å²) in [7, 11) is 0. The average molecular weight is 565 g/mol. The molecule has 9 nitrogen and oxygen atoms in total. The van der Waals surface area contributed by atoms with Crippen molar-refractivity contribution >= 4 is 29.4 Å². The summed E-state index contributed by atoms with van der Waals surface area (Å²) >= 11 is 0. The number of carbonyl (C=O) groups excluding carboxylic acids is 4. The van der Waals surface area contributed by atoms with Gasteiger partial charge >= 0.3 is 6.09 Å². The van der Waals surface area contributed by atoms with Crippen LogP contribution < -0.4 is 10.6 Å². The van der Waals surface area contributed by atoms with Crippen LogP contribution in [0.4, 0.5) is 10.5 Å². The van der Waals surface area contributed by atoms with Crippen molar-refractivity contribution in [2.24, 2.45) is 5.41 Å². The monoisotopic (exact) mass is 564 g/mol. The summed E-state index contributed by atoms with van der Waals surface area (Å²) in [5.74, 6) is -0.656. The fourth-order valence-electron chi connectivity index (χ4n) is 5.71. The van der Waals surface area contributed by atoms with Crippen LogP contribution >= 0.6 is 0 Å². The molecule has 1 atom stereocenters. The lowest BCUT2D eigenvalue weighted by molar-refractivity contribution is -0.118. The minimum absolute atomic E-state index is 0.0435. The van der Waals surface area contributed by atoms with Crippen molar-refractivity contribution in [2.75, 3.05) is 11.9 Å². The molecule has 222 valence electrons. The summed E-state index contributed by atoms with van der Waals surface area (Å²) in [4.78, 5) is 57.1. The van der Waals surface area contributed by atoms with Crippen molar-refractivity contribution < 1.29 is 23.9 Å². The molecule has 1 aliphatic heterocycles. The third-order valence-corrected chi connectivity index (χ3v) is 7.73. The summed E-state index contributed by atoms with van der Waals surface area (Å²) in [5, 5.41) is 5.89. The van der Waals surface area contributed by atoms with Crippen molar-refractivity contribution in [1.29, 1.82) is 0 Å². The van der Waals surface area contributed by atoms with Crippen molar-refractivity contribution in [3.8, 4) is 0 Å². The molecule has 2 heterocycles. The van der Waals surface area contributed by atoms with Crippen molar-refractivity contribution in [2.45, 2.75) is 105 Å². The van der Waals surface area contributed by atoms with E-state index < -0.39 is 17.6 Å². The highest BCUT2D eigenvalue weighted by Gasteiger charge is 2.36. The molecule has 0 saturated carbocycles. The molecule has 1 aliphatic carbocycles. The summed E-state index contributed by atoms with van der Waals surface area (Å²) in [6, 6.07) is 4.97. The number of rotatable bonds is 7. The number of anilines is 1. The predicted octanol–water partition coefficient (Wildman–Crippen LogP) is 5.70. The number of carbonyl (C=O) groups is 4. The molecule has 0 saturated heterocycles. The number of hydrogen-bond acceptors (Lipinski definition) is 5. The quantitative estimate of drug-likeness (QED) is 0.399. The van der Waals surface area contributed by atoms with Crippen LogP contribution in [0.15, 0.2) is 18.2 Å². The van der Waals surface area contributed by atoms with Gasteiger partial charge in [-0.1, -0.05) is 39.7 Å². The molecule has 2 aromatic rings. The Kier molecular flexibility index (Phi) is 8.66. The Balaban J connectivity index is 1.47. The van der Waals surface area contributed by atoms with Gasteiger partial charge < -0.3 is 25.3 Å². The first-order valence-electron chi connectivity index (χ1n) is 14.6. The molecule has 4 rings (SSSR count). The Morgan fingerprint density at radius 2 is 1.88 bits per heavy atom. The fourth-order valence-corrected chi connectivity index (χ4v) is 5.71. The van der Waals surface area contributed by atoms with E-state index in [1.165, 1.54) is 0 Å². The third kappa shape index (κ3) is 7.18. The number of benzene rings is 1. The van der Waals surface area contributed by atoms with Gasteiger partial charge in [-0.3, -0.25) is 14.4 Å². The highest BCUT2D eigenvalue weighted by Crippen LogP contribution is 2.36. The Labute approximate surface area is 242 Å². The number of nitrogens with one attached hydrogen (secondary N) is 3. The van der Waals surface area contributed by atoms with E-state index in [4.69, 9.17) is 4.74 Å². The molecule has 1 unspecified atom stereocenters. The highest BCUT2D eigenvalue weighted by molar-refractivity contribution is 6.06. The maximum absolute atomic E-state index is 13.4. The molecule has 0 spiro atoms. The van der Waals surface area contributed by atoms with Gasteiger partial charge in [-0.2, -0.15) is 0 Å². The summed E-state index contributed by atoms with van der Waals surface area (Å²) in [6.07, 6.45) is 3.60. The van der Waals surface area contributed by atoms with Crippen LogP contribution in [-0.2, 0) is 28.9 Å². The first-order valence-corrected chi connectivity index (χ1v) is 14.6. The molecule has 0 bridgehead atoms. The standard InChI is InChI=1S/C32H44N4O5/c1-8-9-10-23(35-29(39)27-19(2)26-24(34-27)16-32(6,7)17-25(26)37)28(38)33-22-12-11-20-13-14-36(18-21(20)15-22)30(40)41-31(3,4)5/h11-12,15,23,34H,8-10,13-14,16-18H2,1-7H3,(H,33,38)(H,35,39). The third-order valence-electron chi connectivity index (χ3n) is 7.73. The molecule has 3 amide bonds. The van der Waals surface area contributed by atoms with Gasteiger partial charge in [-0.05, 0) is 81.2 Å². The van der Waals surface area contributed by atoms with Crippen LogP contribution in [0.5, 0.6) is 0 Å². The molecule has 1 aromatic heterocycles. The second-order valence-electron chi connectivity index (χ2n) is 13.2. The van der Waals surface area contributed by atoms with Gasteiger partial charge in [0.05, 0.1) is 0 Å². The van der Waals surface area contributed by atoms with E-state index in [0.717, 1.165) is 29.7 Å². The van der Waals surface area contributed by atoms with Gasteiger partial charge in [0.1, 0.15) is 17.3 Å². The normalized spacial score (nSPS) is 16.9. The van der Waals surface area contributed by atoms with Crippen molar-refractivity contribution in [3.63, 3.8) is 0 Å². The zero-order chi connectivity index (χ0) is 30.1. The number of fused-ring (bicyclic) bond motifs is 2. The molecule has 1 aromatic carbocycles. The number of unbranched alkanes of at least 4 members (excludes halogenated alkanes) is 1. The molecular weight excluding hydrogens is 520 g/mol. The Hall–Kier alpha value is -3.62. The maximum atomic E-state index is 13.4. The second-order valence-corrected chi connectivity index (χ2v) is 13.2. The number of aromatic amines is 1. The van der Waals surface area contributed by atoms with Gasteiger partial charge in [0.15, 0.2) is 5.78 Å². The zero-order valence-electron chi connectivity index (χ0n) is 25.5. The van der Waals surface area contributed by atoms with Crippen LogP contribution in [0, 0.1) is 12.3 Å². The molecule has 41 heavy (non-hydrogen) atoms. The Morgan fingerprint density at radius 3 is 2.56 bits per heavy atom. The molecule has 2 aliphatic rings. The highest BCUT2D eigenvalue weighted by atomic mass is 16.6. The number of nitrogens with zero attached hydrogens (tertiary/aromatic N) is 1. The molecule has 0 fully saturated rings. The molecule has 9 heteroatoms. The number of ketones is 1. The fraction of sp³-hybridized carbons (Fsp3) is 0.562. The van der Waals surface area contributed by atoms with Gasteiger partial charge in [0, 0.05) is 36.5 Å². The van der Waals surface area contributed by atoms with Crippen LogP contribution in [0.1, 0.15) is 110 Å². The van der Waals surface area contributed by atoms with E-state index in [1.54, 1.807) is 11.8 Å². The maximum Gasteiger partial charge on any atom is 0.410 e. The molecular formula is C32H44N4O5. The summed E-state index contributed by atoms with van der Waals surface area (Å²) < 4.78 is 5.54. The van der Waals surface area contributed by atoms with Gasteiger partial charge in [0.2, 0.25) is 5.91 Å². The van der Waals surface area contributed by atoms with Crippen molar-refractivity contribution in [3.05, 3.63) is 51.8 Å². The Morgan fingerprint density at radius 1 is 1.15 bits per heavy atom.